The van der Waals surface area contributed by atoms with Crippen molar-refractivity contribution in [1.29, 1.82) is 0 Å². The van der Waals surface area contributed by atoms with Gasteiger partial charge in [0.15, 0.2) is 0 Å². The molecule has 1 atom stereocenters. The predicted octanol–water partition coefficient (Wildman–Crippen LogP) is 6.87. The highest BCUT2D eigenvalue weighted by molar-refractivity contribution is 9.10. The lowest BCUT2D eigenvalue weighted by Gasteiger charge is -2.18. The molecule has 1 aliphatic carbocycles. The largest absolute Gasteiger partial charge is 0.361 e. The van der Waals surface area contributed by atoms with Crippen LogP contribution in [0.25, 0.3) is 44.5 Å². The first-order valence-electron chi connectivity index (χ1n) is 12.8. The summed E-state index contributed by atoms with van der Waals surface area (Å²) < 4.78 is 3.36. The molecular weight excluding hydrogens is 512 g/mol. The third kappa shape index (κ3) is 3.84. The molecule has 36 heavy (non-hydrogen) atoms. The van der Waals surface area contributed by atoms with Gasteiger partial charge in [0.05, 0.1) is 5.52 Å². The summed E-state index contributed by atoms with van der Waals surface area (Å²) in [6, 6.07) is 23.6. The molecule has 6 heteroatoms. The Morgan fingerprint density at radius 1 is 0.972 bits per heavy atom. The van der Waals surface area contributed by atoms with E-state index >= 15 is 0 Å². The molecule has 180 valence electrons. The number of H-pyrrole nitrogens is 1. The van der Waals surface area contributed by atoms with Gasteiger partial charge in [-0.15, -0.1) is 0 Å². The van der Waals surface area contributed by atoms with E-state index in [1.54, 1.807) is 0 Å². The maximum absolute atomic E-state index is 12.6. The highest BCUT2D eigenvalue weighted by Gasteiger charge is 2.36. The highest BCUT2D eigenvalue weighted by atomic mass is 79.9. The fourth-order valence-electron chi connectivity index (χ4n) is 5.59. The minimum atomic E-state index is 0.292. The van der Waals surface area contributed by atoms with Crippen molar-refractivity contribution in [1.82, 2.24) is 19.4 Å². The van der Waals surface area contributed by atoms with E-state index < -0.39 is 0 Å². The van der Waals surface area contributed by atoms with Crippen molar-refractivity contribution in [2.75, 3.05) is 13.1 Å². The van der Waals surface area contributed by atoms with Gasteiger partial charge in [0.25, 0.3) is 0 Å². The van der Waals surface area contributed by atoms with Crippen LogP contribution in [0.15, 0.2) is 77.4 Å². The summed E-state index contributed by atoms with van der Waals surface area (Å²) >= 11 is 3.71. The fourth-order valence-corrected chi connectivity index (χ4v) is 6.03. The van der Waals surface area contributed by atoms with Crippen LogP contribution in [0.5, 0.6) is 0 Å². The second kappa shape index (κ2) is 8.63. The van der Waals surface area contributed by atoms with Gasteiger partial charge < -0.3 is 14.5 Å². The Bertz CT molecular complexity index is 1590. The number of imidazole rings is 1. The summed E-state index contributed by atoms with van der Waals surface area (Å²) in [4.78, 5) is 23.1. The number of hydrogen-bond donors (Lipinski definition) is 1. The number of hydrogen-bond acceptors (Lipinski definition) is 2. The second-order valence-electron chi connectivity index (χ2n) is 10.2. The molecule has 0 unspecified atom stereocenters. The highest BCUT2D eigenvalue weighted by Crippen LogP contribution is 2.35. The average Bonchev–Trinajstić information content (AvgIpc) is 3.30. The third-order valence-electron chi connectivity index (χ3n) is 7.73. The summed E-state index contributed by atoms with van der Waals surface area (Å²) in [5.74, 6) is 2.08. The molecule has 1 aliphatic heterocycles. The quantitative estimate of drug-likeness (QED) is 0.265. The van der Waals surface area contributed by atoms with Gasteiger partial charge in [-0.1, -0.05) is 42.5 Å². The number of rotatable bonds is 5. The number of para-hydroxylation sites is 1. The summed E-state index contributed by atoms with van der Waals surface area (Å²) in [7, 11) is 0. The first-order valence-corrected chi connectivity index (χ1v) is 13.5. The predicted molar refractivity (Wildman–Crippen MR) is 148 cm³/mol. The van der Waals surface area contributed by atoms with E-state index in [9.17, 15) is 4.79 Å². The van der Waals surface area contributed by atoms with Gasteiger partial charge in [0, 0.05) is 47.3 Å². The summed E-state index contributed by atoms with van der Waals surface area (Å²) in [6.45, 7) is 2.59. The van der Waals surface area contributed by atoms with Crippen molar-refractivity contribution in [3.8, 4) is 22.5 Å². The first-order chi connectivity index (χ1) is 17.6. The Hall–Kier alpha value is -3.38. The Balaban J connectivity index is 1.22. The molecule has 2 aromatic heterocycles. The van der Waals surface area contributed by atoms with Gasteiger partial charge in [-0.3, -0.25) is 4.79 Å². The zero-order valence-corrected chi connectivity index (χ0v) is 21.5. The summed E-state index contributed by atoms with van der Waals surface area (Å²) in [6.07, 6.45) is 5.16. The number of likely N-dealkylation sites (tertiary alicyclic amines) is 1. The average molecular weight is 539 g/mol. The van der Waals surface area contributed by atoms with Crippen molar-refractivity contribution in [2.24, 2.45) is 11.8 Å². The minimum Gasteiger partial charge on any atom is -0.361 e. The third-order valence-corrected chi connectivity index (χ3v) is 8.37. The van der Waals surface area contributed by atoms with Crippen molar-refractivity contribution < 1.29 is 4.79 Å². The van der Waals surface area contributed by atoms with Gasteiger partial charge in [-0.05, 0) is 81.9 Å². The number of nitrogens with zero attached hydrogens (tertiary/aromatic N) is 3. The fraction of sp³-hybridized carbons (Fsp3) is 0.267. The molecule has 3 aromatic carbocycles. The first kappa shape index (κ1) is 21.9. The van der Waals surface area contributed by atoms with E-state index in [-0.39, 0.29) is 0 Å². The van der Waals surface area contributed by atoms with Crippen LogP contribution < -0.4 is 0 Å². The standard InChI is InChI=1S/C30H27BrN4O/c31-25-2-1-3-27-28(25)33-29(35(27)18-19-13-15-34(17-19)30(36)23-9-10-23)22-7-4-20(5-8-22)24-11-6-21-12-14-32-26(21)16-24/h1-8,11-12,14,16,19,23,32H,9-10,13,15,17-18H2/t19-/m1/s1. The Morgan fingerprint density at radius 2 is 1.78 bits per heavy atom. The molecule has 2 aliphatic rings. The van der Waals surface area contributed by atoms with Gasteiger partial charge in [-0.2, -0.15) is 0 Å². The van der Waals surface area contributed by atoms with Crippen LogP contribution in [0, 0.1) is 11.8 Å². The van der Waals surface area contributed by atoms with E-state index in [0.29, 0.717) is 17.7 Å². The normalized spacial score (nSPS) is 17.9. The van der Waals surface area contributed by atoms with E-state index in [1.165, 1.54) is 16.5 Å². The Morgan fingerprint density at radius 3 is 2.61 bits per heavy atom. The molecule has 0 bridgehead atoms. The molecule has 1 amide bonds. The molecule has 1 saturated heterocycles. The lowest BCUT2D eigenvalue weighted by atomic mass is 10.0. The number of nitrogens with one attached hydrogen (secondary N) is 1. The monoisotopic (exact) mass is 538 g/mol. The maximum atomic E-state index is 12.6. The van der Waals surface area contributed by atoms with Gasteiger partial charge >= 0.3 is 0 Å². The molecule has 0 spiro atoms. The number of carbonyl (C=O) groups is 1. The van der Waals surface area contributed by atoms with Crippen LogP contribution in [0.4, 0.5) is 0 Å². The van der Waals surface area contributed by atoms with E-state index in [4.69, 9.17) is 4.98 Å². The molecule has 2 fully saturated rings. The SMILES string of the molecule is O=C(C1CC1)N1CC[C@@H](Cn2c(-c3ccc(-c4ccc5cc[nH]c5c4)cc3)nc3c(Br)cccc32)C1. The molecule has 0 radical (unpaired) electrons. The number of aromatic amines is 1. The van der Waals surface area contributed by atoms with Crippen LogP contribution in [0.2, 0.25) is 0 Å². The zero-order valence-electron chi connectivity index (χ0n) is 20.0. The van der Waals surface area contributed by atoms with E-state index in [1.807, 2.05) is 6.20 Å². The molecule has 5 aromatic rings. The van der Waals surface area contributed by atoms with Gasteiger partial charge in [-0.25, -0.2) is 4.98 Å². The van der Waals surface area contributed by atoms with Crippen molar-refractivity contribution in [2.45, 2.75) is 25.8 Å². The van der Waals surface area contributed by atoms with Gasteiger partial charge in [0.2, 0.25) is 5.91 Å². The number of halogens is 1. The van der Waals surface area contributed by atoms with Crippen LogP contribution in [-0.2, 0) is 11.3 Å². The van der Waals surface area contributed by atoms with Crippen molar-refractivity contribution in [3.05, 3.63) is 77.4 Å². The number of amides is 1. The van der Waals surface area contributed by atoms with E-state index in [2.05, 4.69) is 97.1 Å². The number of fused-ring (bicyclic) bond motifs is 2. The molecule has 1 saturated carbocycles. The van der Waals surface area contributed by atoms with Crippen LogP contribution in [0.3, 0.4) is 0 Å². The second-order valence-corrected chi connectivity index (χ2v) is 11.1. The van der Waals surface area contributed by atoms with Crippen molar-refractivity contribution in [3.63, 3.8) is 0 Å². The maximum Gasteiger partial charge on any atom is 0.225 e. The Labute approximate surface area is 218 Å². The molecular formula is C30H27BrN4O. The number of carbonyl (C=O) groups excluding carboxylic acids is 1. The molecule has 1 N–H and O–H groups in total. The zero-order chi connectivity index (χ0) is 24.2. The molecule has 3 heterocycles. The lowest BCUT2D eigenvalue weighted by Crippen LogP contribution is -2.30. The molecule has 7 rings (SSSR count). The van der Waals surface area contributed by atoms with E-state index in [0.717, 1.165) is 71.3 Å². The number of benzene rings is 3. The van der Waals surface area contributed by atoms with Crippen LogP contribution >= 0.6 is 15.9 Å². The van der Waals surface area contributed by atoms with Crippen LogP contribution in [0.1, 0.15) is 19.3 Å². The lowest BCUT2D eigenvalue weighted by molar-refractivity contribution is -0.131. The number of aromatic nitrogens is 3. The molecule has 5 nitrogen and oxygen atoms in total. The minimum absolute atomic E-state index is 0.292. The van der Waals surface area contributed by atoms with Crippen LogP contribution in [-0.4, -0.2) is 38.4 Å². The Kier molecular flexibility index (Phi) is 5.24. The summed E-state index contributed by atoms with van der Waals surface area (Å²) in [5.41, 5.74) is 6.74. The summed E-state index contributed by atoms with van der Waals surface area (Å²) in [5, 5.41) is 1.22. The van der Waals surface area contributed by atoms with Gasteiger partial charge in [0.1, 0.15) is 11.3 Å². The van der Waals surface area contributed by atoms with Crippen molar-refractivity contribution >= 4 is 43.8 Å². The topological polar surface area (TPSA) is 53.9 Å². The smallest absolute Gasteiger partial charge is 0.225 e.